The first-order chi connectivity index (χ1) is 13.0. The Morgan fingerprint density at radius 2 is 1.85 bits per heavy atom. The molecule has 0 aliphatic carbocycles. The van der Waals surface area contributed by atoms with E-state index in [1.165, 1.54) is 0 Å². The highest BCUT2D eigenvalue weighted by Crippen LogP contribution is 2.28. The molecule has 0 fully saturated rings. The van der Waals surface area contributed by atoms with Gasteiger partial charge in [-0.3, -0.25) is 4.79 Å². The Morgan fingerprint density at radius 3 is 2.67 bits per heavy atom. The van der Waals surface area contributed by atoms with Crippen LogP contribution in [0.3, 0.4) is 0 Å². The zero-order valence-electron chi connectivity index (χ0n) is 14.6. The topological polar surface area (TPSA) is 87.6 Å². The Kier molecular flexibility index (Phi) is 4.16. The van der Waals surface area contributed by atoms with Crippen LogP contribution in [-0.4, -0.2) is 25.8 Å². The monoisotopic (exact) mass is 379 g/mol. The van der Waals surface area contributed by atoms with Crippen LogP contribution in [0.1, 0.15) is 18.1 Å². The van der Waals surface area contributed by atoms with Gasteiger partial charge in [0.25, 0.3) is 5.91 Å². The molecule has 136 valence electrons. The lowest BCUT2D eigenvalue weighted by Crippen LogP contribution is -2.19. The summed E-state index contributed by atoms with van der Waals surface area (Å²) in [6.07, 6.45) is 3.75. The van der Waals surface area contributed by atoms with Gasteiger partial charge in [0.1, 0.15) is 5.71 Å². The van der Waals surface area contributed by atoms with Gasteiger partial charge < -0.3 is 5.32 Å². The maximum atomic E-state index is 12.4. The molecule has 0 aromatic heterocycles. The van der Waals surface area contributed by atoms with Gasteiger partial charge in [0.05, 0.1) is 21.9 Å². The molecule has 7 heteroatoms. The van der Waals surface area contributed by atoms with Crippen molar-refractivity contribution in [1.29, 1.82) is 0 Å². The first kappa shape index (κ1) is 17.2. The first-order valence-electron chi connectivity index (χ1n) is 8.49. The molecular weight excluding hydrogens is 362 g/mol. The van der Waals surface area contributed by atoms with Crippen molar-refractivity contribution >= 4 is 33.2 Å². The molecule has 2 aliphatic heterocycles. The van der Waals surface area contributed by atoms with E-state index in [1.807, 2.05) is 36.4 Å². The summed E-state index contributed by atoms with van der Waals surface area (Å²) in [5.74, 6) is -0.324. The highest BCUT2D eigenvalue weighted by atomic mass is 32.2. The number of anilines is 1. The molecule has 0 saturated heterocycles. The van der Waals surface area contributed by atoms with Gasteiger partial charge in [-0.05, 0) is 29.8 Å². The first-order valence-corrected chi connectivity index (χ1v) is 10.1. The summed E-state index contributed by atoms with van der Waals surface area (Å²) < 4.78 is 24.4. The maximum absolute atomic E-state index is 12.4. The summed E-state index contributed by atoms with van der Waals surface area (Å²) in [6, 6.07) is 14.3. The van der Waals surface area contributed by atoms with E-state index in [1.54, 1.807) is 31.2 Å². The van der Waals surface area contributed by atoms with E-state index in [0.29, 0.717) is 22.5 Å². The van der Waals surface area contributed by atoms with E-state index >= 15 is 0 Å². The lowest BCUT2D eigenvalue weighted by atomic mass is 9.98. The molecular formula is C20H17N3O3S. The van der Waals surface area contributed by atoms with Crippen LogP contribution in [0.25, 0.3) is 6.08 Å². The van der Waals surface area contributed by atoms with Gasteiger partial charge in [-0.1, -0.05) is 43.3 Å². The molecule has 4 rings (SSSR count). The zero-order valence-corrected chi connectivity index (χ0v) is 15.4. The lowest BCUT2D eigenvalue weighted by Gasteiger charge is -2.17. The lowest BCUT2D eigenvalue weighted by molar-refractivity contribution is -0.116. The number of sulfone groups is 1. The van der Waals surface area contributed by atoms with Gasteiger partial charge in [-0.2, -0.15) is 5.10 Å². The third-order valence-electron chi connectivity index (χ3n) is 4.51. The highest BCUT2D eigenvalue weighted by Gasteiger charge is 2.29. The molecule has 27 heavy (non-hydrogen) atoms. The Balaban J connectivity index is 1.79. The summed E-state index contributed by atoms with van der Waals surface area (Å²) in [7, 11) is -3.35. The van der Waals surface area contributed by atoms with Gasteiger partial charge in [0, 0.05) is 11.3 Å². The van der Waals surface area contributed by atoms with Crippen molar-refractivity contribution in [3.8, 4) is 0 Å². The third kappa shape index (κ3) is 3.06. The van der Waals surface area contributed by atoms with Crippen molar-refractivity contribution in [2.45, 2.75) is 11.8 Å². The van der Waals surface area contributed by atoms with E-state index in [4.69, 9.17) is 0 Å². The molecule has 2 aromatic rings. The highest BCUT2D eigenvalue weighted by molar-refractivity contribution is 7.91. The average Bonchev–Trinajstić information content (AvgIpc) is 3.09. The minimum absolute atomic E-state index is 0.00906. The Bertz CT molecular complexity index is 1140. The number of fused-ring (bicyclic) bond motifs is 1. The van der Waals surface area contributed by atoms with E-state index < -0.39 is 9.84 Å². The SMILES string of the molecule is CCS(=O)(=O)c1cccc(C2=NNC(=O)C2=C2C=Cc3ccccc3N2)c1. The van der Waals surface area contributed by atoms with E-state index in [9.17, 15) is 13.2 Å². The molecule has 2 heterocycles. The second kappa shape index (κ2) is 6.51. The quantitative estimate of drug-likeness (QED) is 0.803. The summed E-state index contributed by atoms with van der Waals surface area (Å²) in [5.41, 5.74) is 6.38. The summed E-state index contributed by atoms with van der Waals surface area (Å²) >= 11 is 0. The summed E-state index contributed by atoms with van der Waals surface area (Å²) in [5, 5.41) is 7.40. The maximum Gasteiger partial charge on any atom is 0.275 e. The largest absolute Gasteiger partial charge is 0.354 e. The number of amides is 1. The number of carbonyl (C=O) groups is 1. The predicted octanol–water partition coefficient (Wildman–Crippen LogP) is 2.71. The minimum atomic E-state index is -3.35. The summed E-state index contributed by atoms with van der Waals surface area (Å²) in [4.78, 5) is 12.6. The molecule has 0 spiro atoms. The van der Waals surface area contributed by atoms with Crippen molar-refractivity contribution < 1.29 is 13.2 Å². The van der Waals surface area contributed by atoms with Crippen LogP contribution in [0.2, 0.25) is 0 Å². The van der Waals surface area contributed by atoms with Crippen molar-refractivity contribution in [1.82, 2.24) is 5.43 Å². The molecule has 2 aromatic carbocycles. The fourth-order valence-electron chi connectivity index (χ4n) is 3.05. The Hall–Kier alpha value is -3.19. The molecule has 0 radical (unpaired) electrons. The van der Waals surface area contributed by atoms with Crippen LogP contribution in [0, 0.1) is 0 Å². The number of benzene rings is 2. The number of hydrazone groups is 1. The van der Waals surface area contributed by atoms with Crippen LogP contribution in [0.5, 0.6) is 0 Å². The van der Waals surface area contributed by atoms with Crippen molar-refractivity contribution in [3.63, 3.8) is 0 Å². The second-order valence-electron chi connectivity index (χ2n) is 6.17. The molecule has 6 nitrogen and oxygen atoms in total. The van der Waals surface area contributed by atoms with E-state index in [2.05, 4.69) is 15.8 Å². The predicted molar refractivity (Wildman–Crippen MR) is 105 cm³/mol. The van der Waals surface area contributed by atoms with E-state index in [-0.39, 0.29) is 16.6 Å². The number of allylic oxidation sites excluding steroid dienone is 1. The normalized spacial score (nSPS) is 18.6. The third-order valence-corrected chi connectivity index (χ3v) is 6.24. The fraction of sp³-hybridized carbons (Fsp3) is 0.100. The molecule has 2 N–H and O–H groups in total. The average molecular weight is 379 g/mol. The van der Waals surface area contributed by atoms with Crippen LogP contribution in [0.15, 0.2) is 75.9 Å². The van der Waals surface area contributed by atoms with Crippen LogP contribution in [-0.2, 0) is 14.6 Å². The molecule has 1 amide bonds. The second-order valence-corrected chi connectivity index (χ2v) is 8.45. The number of nitrogens with one attached hydrogen (secondary N) is 2. The van der Waals surface area contributed by atoms with Crippen molar-refractivity contribution in [2.24, 2.45) is 5.10 Å². The van der Waals surface area contributed by atoms with Gasteiger partial charge in [0.2, 0.25) is 0 Å². The van der Waals surface area contributed by atoms with Crippen LogP contribution in [0.4, 0.5) is 5.69 Å². The van der Waals surface area contributed by atoms with Crippen molar-refractivity contribution in [3.05, 3.63) is 77.0 Å². The van der Waals surface area contributed by atoms with E-state index in [0.717, 1.165) is 11.3 Å². The number of nitrogens with zero attached hydrogens (tertiary/aromatic N) is 1. The van der Waals surface area contributed by atoms with Crippen molar-refractivity contribution in [2.75, 3.05) is 11.1 Å². The molecule has 0 atom stereocenters. The van der Waals surface area contributed by atoms with Gasteiger partial charge in [0.15, 0.2) is 9.84 Å². The number of hydrogen-bond acceptors (Lipinski definition) is 5. The van der Waals surface area contributed by atoms with Gasteiger partial charge >= 0.3 is 0 Å². The standard InChI is InChI=1S/C20H17N3O3S/c1-2-27(25,26)15-8-5-7-14(12-15)19-18(20(24)23-22-19)17-11-10-13-6-3-4-9-16(13)21-17/h3-12,21H,2H2,1H3,(H,23,24). The Labute approximate surface area is 157 Å². The van der Waals surface area contributed by atoms with Gasteiger partial charge in [-0.25, -0.2) is 13.8 Å². The summed E-state index contributed by atoms with van der Waals surface area (Å²) in [6.45, 7) is 1.60. The molecule has 0 bridgehead atoms. The zero-order chi connectivity index (χ0) is 19.0. The fourth-order valence-corrected chi connectivity index (χ4v) is 3.98. The number of carbonyl (C=O) groups excluding carboxylic acids is 1. The Morgan fingerprint density at radius 1 is 1.04 bits per heavy atom. The molecule has 0 unspecified atom stereocenters. The number of rotatable bonds is 3. The molecule has 0 saturated carbocycles. The number of para-hydroxylation sites is 1. The number of hydrogen-bond donors (Lipinski definition) is 2. The molecule has 2 aliphatic rings. The van der Waals surface area contributed by atoms with Gasteiger partial charge in [-0.15, -0.1) is 0 Å². The van der Waals surface area contributed by atoms with Crippen LogP contribution >= 0.6 is 0 Å². The van der Waals surface area contributed by atoms with Crippen LogP contribution < -0.4 is 10.7 Å². The smallest absolute Gasteiger partial charge is 0.275 e. The minimum Gasteiger partial charge on any atom is -0.354 e.